The highest BCUT2D eigenvalue weighted by Crippen LogP contribution is 2.10. The molecule has 1 aromatic heterocycles. The van der Waals surface area contributed by atoms with Gasteiger partial charge in [-0.05, 0) is 45.2 Å². The van der Waals surface area contributed by atoms with Gasteiger partial charge < -0.3 is 20.7 Å². The summed E-state index contributed by atoms with van der Waals surface area (Å²) in [6, 6.07) is 5.55. The average Bonchev–Trinajstić information content (AvgIpc) is 2.60. The fourth-order valence-electron chi connectivity index (χ4n) is 2.58. The maximum atomic E-state index is 12.0. The number of aromatic nitrogens is 1. The van der Waals surface area contributed by atoms with Gasteiger partial charge in [-0.25, -0.2) is 4.98 Å². The molecule has 0 aliphatic heterocycles. The number of nitrogens with zero attached hydrogens (tertiary/aromatic N) is 2. The van der Waals surface area contributed by atoms with Gasteiger partial charge in [0, 0.05) is 38.4 Å². The molecule has 3 N–H and O–H groups in total. The van der Waals surface area contributed by atoms with Crippen molar-refractivity contribution in [2.75, 3.05) is 31.6 Å². The largest absolute Gasteiger partial charge is 0.378 e. The van der Waals surface area contributed by atoms with E-state index in [2.05, 4.69) is 39.8 Å². The summed E-state index contributed by atoms with van der Waals surface area (Å²) in [5.41, 5.74) is 0.874. The number of ether oxygens (including phenoxy) is 1. The molecule has 0 aromatic carbocycles. The molecule has 7 nitrogen and oxygen atoms in total. The minimum Gasteiger partial charge on any atom is -0.378 e. The second kappa shape index (κ2) is 13.1. The van der Waals surface area contributed by atoms with Crippen LogP contribution in [-0.2, 0) is 9.53 Å². The summed E-state index contributed by atoms with van der Waals surface area (Å²) in [6.45, 7) is 12.9. The smallest absolute Gasteiger partial charge is 0.227 e. The van der Waals surface area contributed by atoms with Gasteiger partial charge in [-0.3, -0.25) is 9.79 Å². The number of aliphatic imine (C=N–C) groups is 1. The van der Waals surface area contributed by atoms with Crippen LogP contribution in [0.4, 0.5) is 5.82 Å². The summed E-state index contributed by atoms with van der Waals surface area (Å²) in [6.07, 6.45) is 1.43. The summed E-state index contributed by atoms with van der Waals surface area (Å²) in [4.78, 5) is 20.9. The Morgan fingerprint density at radius 3 is 2.67 bits per heavy atom. The Kier molecular flexibility index (Phi) is 11.1. The predicted octanol–water partition coefficient (Wildman–Crippen LogP) is 2.72. The van der Waals surface area contributed by atoms with Crippen molar-refractivity contribution in [3.8, 4) is 0 Å². The summed E-state index contributed by atoms with van der Waals surface area (Å²) >= 11 is 0. The van der Waals surface area contributed by atoms with Crippen LogP contribution in [-0.4, -0.2) is 49.2 Å². The molecule has 0 bridgehead atoms. The van der Waals surface area contributed by atoms with Gasteiger partial charge in [0.1, 0.15) is 5.82 Å². The third-order valence-corrected chi connectivity index (χ3v) is 3.95. The summed E-state index contributed by atoms with van der Waals surface area (Å²) < 4.78 is 5.75. The normalized spacial score (nSPS) is 12.7. The molecule has 0 fully saturated rings. The number of anilines is 1. The number of hydrogen-bond donors (Lipinski definition) is 3. The number of rotatable bonds is 11. The fourth-order valence-corrected chi connectivity index (χ4v) is 2.58. The molecule has 1 rings (SSSR count). The lowest BCUT2D eigenvalue weighted by atomic mass is 10.0. The Labute approximate surface area is 163 Å². The van der Waals surface area contributed by atoms with Crippen molar-refractivity contribution < 1.29 is 9.53 Å². The van der Waals surface area contributed by atoms with Crippen molar-refractivity contribution in [3.05, 3.63) is 23.9 Å². The maximum absolute atomic E-state index is 12.0. The molecular formula is C20H35N5O2. The lowest BCUT2D eigenvalue weighted by Gasteiger charge is -2.20. The molecule has 0 aliphatic carbocycles. The molecule has 1 atom stereocenters. The predicted molar refractivity (Wildman–Crippen MR) is 111 cm³/mol. The van der Waals surface area contributed by atoms with Gasteiger partial charge in [-0.2, -0.15) is 0 Å². The SMILES string of the molecule is CCNC(=NCCC(OCC)C(C)C)NCCC(=O)Nc1cccc(C)n1. The zero-order valence-electron chi connectivity index (χ0n) is 17.3. The van der Waals surface area contributed by atoms with Crippen molar-refractivity contribution in [1.29, 1.82) is 0 Å². The maximum Gasteiger partial charge on any atom is 0.227 e. The second-order valence-corrected chi connectivity index (χ2v) is 6.68. The van der Waals surface area contributed by atoms with E-state index in [1.165, 1.54) is 0 Å². The van der Waals surface area contributed by atoms with Crippen LogP contribution in [0.25, 0.3) is 0 Å². The van der Waals surface area contributed by atoms with E-state index >= 15 is 0 Å². The number of carbonyl (C=O) groups excluding carboxylic acids is 1. The number of carbonyl (C=O) groups is 1. The fraction of sp³-hybridized carbons (Fsp3) is 0.650. The molecule has 1 heterocycles. The van der Waals surface area contributed by atoms with Crippen LogP contribution in [0.5, 0.6) is 0 Å². The topological polar surface area (TPSA) is 87.6 Å². The zero-order chi connectivity index (χ0) is 20.1. The van der Waals surface area contributed by atoms with Gasteiger partial charge in [-0.15, -0.1) is 0 Å². The van der Waals surface area contributed by atoms with E-state index in [1.54, 1.807) is 6.07 Å². The molecule has 0 saturated heterocycles. The van der Waals surface area contributed by atoms with E-state index in [0.29, 0.717) is 31.2 Å². The van der Waals surface area contributed by atoms with E-state index in [1.807, 2.05) is 32.9 Å². The van der Waals surface area contributed by atoms with Crippen molar-refractivity contribution in [2.45, 2.75) is 53.6 Å². The number of pyridine rings is 1. The molecule has 1 aromatic rings. The van der Waals surface area contributed by atoms with Crippen LogP contribution in [0.3, 0.4) is 0 Å². The molecular weight excluding hydrogens is 342 g/mol. The first-order valence-electron chi connectivity index (χ1n) is 9.83. The molecule has 0 radical (unpaired) electrons. The van der Waals surface area contributed by atoms with Gasteiger partial charge in [0.05, 0.1) is 6.10 Å². The Morgan fingerprint density at radius 2 is 2.04 bits per heavy atom. The highest BCUT2D eigenvalue weighted by Gasteiger charge is 2.12. The minimum atomic E-state index is -0.0762. The van der Waals surface area contributed by atoms with Crippen molar-refractivity contribution >= 4 is 17.7 Å². The first-order chi connectivity index (χ1) is 13.0. The highest BCUT2D eigenvalue weighted by atomic mass is 16.5. The summed E-state index contributed by atoms with van der Waals surface area (Å²) in [5.74, 6) is 1.69. The molecule has 1 unspecified atom stereocenters. The number of nitrogens with one attached hydrogen (secondary N) is 3. The number of aryl methyl sites for hydroxylation is 1. The number of guanidine groups is 1. The third-order valence-electron chi connectivity index (χ3n) is 3.95. The molecule has 0 spiro atoms. The van der Waals surface area contributed by atoms with E-state index in [4.69, 9.17) is 4.74 Å². The van der Waals surface area contributed by atoms with Crippen LogP contribution in [0.2, 0.25) is 0 Å². The van der Waals surface area contributed by atoms with Crippen LogP contribution in [0.15, 0.2) is 23.2 Å². The molecule has 27 heavy (non-hydrogen) atoms. The van der Waals surface area contributed by atoms with E-state index in [0.717, 1.165) is 31.2 Å². The van der Waals surface area contributed by atoms with Crippen molar-refractivity contribution in [2.24, 2.45) is 10.9 Å². The van der Waals surface area contributed by atoms with Crippen molar-refractivity contribution in [1.82, 2.24) is 15.6 Å². The van der Waals surface area contributed by atoms with Gasteiger partial charge in [0.15, 0.2) is 5.96 Å². The average molecular weight is 378 g/mol. The Hall–Kier alpha value is -2.15. The van der Waals surface area contributed by atoms with Gasteiger partial charge in [0.2, 0.25) is 5.91 Å². The van der Waals surface area contributed by atoms with Crippen LogP contribution in [0.1, 0.15) is 46.2 Å². The minimum absolute atomic E-state index is 0.0762. The van der Waals surface area contributed by atoms with E-state index in [-0.39, 0.29) is 12.0 Å². The first-order valence-corrected chi connectivity index (χ1v) is 9.83. The third kappa shape index (κ3) is 9.94. The second-order valence-electron chi connectivity index (χ2n) is 6.68. The highest BCUT2D eigenvalue weighted by molar-refractivity contribution is 5.90. The summed E-state index contributed by atoms with van der Waals surface area (Å²) in [7, 11) is 0. The molecule has 0 saturated carbocycles. The number of hydrogen-bond acceptors (Lipinski definition) is 4. The molecule has 7 heteroatoms. The van der Waals surface area contributed by atoms with Gasteiger partial charge in [0.25, 0.3) is 0 Å². The Morgan fingerprint density at radius 1 is 1.26 bits per heavy atom. The zero-order valence-corrected chi connectivity index (χ0v) is 17.3. The van der Waals surface area contributed by atoms with Gasteiger partial charge in [-0.1, -0.05) is 19.9 Å². The number of amides is 1. The van der Waals surface area contributed by atoms with Crippen LogP contribution < -0.4 is 16.0 Å². The van der Waals surface area contributed by atoms with E-state index < -0.39 is 0 Å². The lowest BCUT2D eigenvalue weighted by molar-refractivity contribution is -0.116. The van der Waals surface area contributed by atoms with Crippen LogP contribution >= 0.6 is 0 Å². The first kappa shape index (κ1) is 22.9. The van der Waals surface area contributed by atoms with Crippen LogP contribution in [0, 0.1) is 12.8 Å². The molecule has 1 amide bonds. The Bertz CT molecular complexity index is 589. The van der Waals surface area contributed by atoms with Crippen molar-refractivity contribution in [3.63, 3.8) is 0 Å². The monoisotopic (exact) mass is 377 g/mol. The van der Waals surface area contributed by atoms with Gasteiger partial charge >= 0.3 is 0 Å². The standard InChI is InChI=1S/C20H35N5O2/c1-6-21-20(22-13-11-17(15(3)4)27-7-2)23-14-12-19(26)25-18-10-8-9-16(5)24-18/h8-10,15,17H,6-7,11-14H2,1-5H3,(H2,21,22,23)(H,24,25,26). The summed E-state index contributed by atoms with van der Waals surface area (Å²) in [5, 5.41) is 9.21. The van der Waals surface area contributed by atoms with E-state index in [9.17, 15) is 4.79 Å². The lowest BCUT2D eigenvalue weighted by Crippen LogP contribution is -2.39. The molecule has 0 aliphatic rings. The Balaban J connectivity index is 2.41. The molecule has 152 valence electrons. The quantitative estimate of drug-likeness (QED) is 0.408.